The zero-order chi connectivity index (χ0) is 18.6. The molecule has 2 aromatic rings. The van der Waals surface area contributed by atoms with Crippen molar-refractivity contribution in [3.8, 4) is 0 Å². The normalized spacial score (nSPS) is 17.6. The first kappa shape index (κ1) is 18.4. The first-order chi connectivity index (χ1) is 12.6. The molecule has 26 heavy (non-hydrogen) atoms. The molecule has 1 unspecified atom stereocenters. The van der Waals surface area contributed by atoms with E-state index in [9.17, 15) is 14.3 Å². The SMILES string of the molecule is CCOC(=O)N1CCC(C(O)(c2ccccc2)c2ccccc2F)CC1. The lowest BCUT2D eigenvalue weighted by Crippen LogP contribution is -2.46. The Bertz CT molecular complexity index is 744. The summed E-state index contributed by atoms with van der Waals surface area (Å²) in [5, 5.41) is 11.7. The molecule has 0 aliphatic carbocycles. The van der Waals surface area contributed by atoms with Crippen molar-refractivity contribution < 1.29 is 19.0 Å². The fourth-order valence-corrected chi connectivity index (χ4v) is 3.77. The number of amides is 1. The highest BCUT2D eigenvalue weighted by molar-refractivity contribution is 5.67. The number of likely N-dealkylation sites (tertiary alicyclic amines) is 1. The van der Waals surface area contributed by atoms with Crippen molar-refractivity contribution in [2.75, 3.05) is 19.7 Å². The van der Waals surface area contributed by atoms with Gasteiger partial charge in [0.15, 0.2) is 0 Å². The molecule has 1 atom stereocenters. The highest BCUT2D eigenvalue weighted by atomic mass is 19.1. The van der Waals surface area contributed by atoms with E-state index in [1.807, 2.05) is 30.3 Å². The molecule has 1 aliphatic rings. The third-order valence-corrected chi connectivity index (χ3v) is 5.11. The highest BCUT2D eigenvalue weighted by Crippen LogP contribution is 2.42. The van der Waals surface area contributed by atoms with Gasteiger partial charge in [-0.15, -0.1) is 0 Å². The second-order valence-corrected chi connectivity index (χ2v) is 6.57. The molecule has 1 N–H and O–H groups in total. The third kappa shape index (κ3) is 3.44. The monoisotopic (exact) mass is 357 g/mol. The van der Waals surface area contributed by atoms with Crippen LogP contribution in [0.4, 0.5) is 9.18 Å². The topological polar surface area (TPSA) is 49.8 Å². The van der Waals surface area contributed by atoms with Gasteiger partial charge in [-0.25, -0.2) is 9.18 Å². The van der Waals surface area contributed by atoms with Crippen LogP contribution in [-0.2, 0) is 10.3 Å². The first-order valence-corrected chi connectivity index (χ1v) is 9.02. The number of hydrogen-bond donors (Lipinski definition) is 1. The Balaban J connectivity index is 1.91. The number of piperidine rings is 1. The Morgan fingerprint density at radius 1 is 1.15 bits per heavy atom. The molecule has 0 aromatic heterocycles. The van der Waals surface area contributed by atoms with Crippen molar-refractivity contribution in [1.82, 2.24) is 4.90 Å². The molecule has 0 saturated carbocycles. The molecule has 1 aliphatic heterocycles. The summed E-state index contributed by atoms with van der Waals surface area (Å²) in [4.78, 5) is 13.6. The van der Waals surface area contributed by atoms with Crippen LogP contribution in [0.15, 0.2) is 54.6 Å². The van der Waals surface area contributed by atoms with Gasteiger partial charge in [-0.2, -0.15) is 0 Å². The molecule has 1 heterocycles. The second-order valence-electron chi connectivity index (χ2n) is 6.57. The van der Waals surface area contributed by atoms with Gasteiger partial charge < -0.3 is 14.7 Å². The summed E-state index contributed by atoms with van der Waals surface area (Å²) in [5.41, 5.74) is -0.492. The van der Waals surface area contributed by atoms with E-state index in [1.165, 1.54) is 6.07 Å². The maximum atomic E-state index is 14.6. The minimum Gasteiger partial charge on any atom is -0.450 e. The third-order valence-electron chi connectivity index (χ3n) is 5.11. The number of nitrogens with zero attached hydrogens (tertiary/aromatic N) is 1. The van der Waals surface area contributed by atoms with Crippen LogP contribution in [0.1, 0.15) is 30.9 Å². The van der Waals surface area contributed by atoms with E-state index in [1.54, 1.807) is 30.0 Å². The van der Waals surface area contributed by atoms with Crippen molar-refractivity contribution in [2.45, 2.75) is 25.4 Å². The Morgan fingerprint density at radius 2 is 1.77 bits per heavy atom. The van der Waals surface area contributed by atoms with Crippen LogP contribution in [0.2, 0.25) is 0 Å². The predicted octanol–water partition coefficient (Wildman–Crippen LogP) is 3.93. The van der Waals surface area contributed by atoms with Crippen molar-refractivity contribution in [1.29, 1.82) is 0 Å². The largest absolute Gasteiger partial charge is 0.450 e. The number of aliphatic hydroxyl groups is 1. The summed E-state index contributed by atoms with van der Waals surface area (Å²) in [5.74, 6) is -0.626. The maximum Gasteiger partial charge on any atom is 0.409 e. The lowest BCUT2D eigenvalue weighted by atomic mass is 9.72. The lowest BCUT2D eigenvalue weighted by Gasteiger charge is -2.42. The van der Waals surface area contributed by atoms with Crippen LogP contribution < -0.4 is 0 Å². The quantitative estimate of drug-likeness (QED) is 0.902. The number of rotatable bonds is 4. The first-order valence-electron chi connectivity index (χ1n) is 9.02. The van der Waals surface area contributed by atoms with Crippen molar-refractivity contribution in [2.24, 2.45) is 5.92 Å². The minimum atomic E-state index is -1.44. The summed E-state index contributed by atoms with van der Waals surface area (Å²) in [7, 11) is 0. The zero-order valence-electron chi connectivity index (χ0n) is 14.9. The van der Waals surface area contributed by atoms with Crippen LogP contribution >= 0.6 is 0 Å². The number of ether oxygens (including phenoxy) is 1. The summed E-state index contributed by atoms with van der Waals surface area (Å²) < 4.78 is 19.6. The molecular weight excluding hydrogens is 333 g/mol. The van der Waals surface area contributed by atoms with Crippen LogP contribution in [0, 0.1) is 11.7 Å². The number of carbonyl (C=O) groups excluding carboxylic acids is 1. The van der Waals surface area contributed by atoms with Gasteiger partial charge in [-0.05, 0) is 37.3 Å². The summed E-state index contributed by atoms with van der Waals surface area (Å²) in [6, 6.07) is 15.6. The predicted molar refractivity (Wildman–Crippen MR) is 97.2 cm³/mol. The summed E-state index contributed by atoms with van der Waals surface area (Å²) >= 11 is 0. The number of halogens is 1. The molecule has 1 fully saturated rings. The lowest BCUT2D eigenvalue weighted by molar-refractivity contribution is -0.0166. The van der Waals surface area contributed by atoms with Gasteiger partial charge in [-0.1, -0.05) is 48.5 Å². The van der Waals surface area contributed by atoms with Gasteiger partial charge >= 0.3 is 6.09 Å². The van der Waals surface area contributed by atoms with E-state index in [0.717, 1.165) is 0 Å². The molecule has 1 saturated heterocycles. The average Bonchev–Trinajstić information content (AvgIpc) is 2.69. The van der Waals surface area contributed by atoms with Gasteiger partial charge in [0.2, 0.25) is 0 Å². The standard InChI is InChI=1S/C21H24FNO3/c1-2-26-20(24)23-14-12-17(13-15-23)21(25,16-8-4-3-5-9-16)18-10-6-7-11-19(18)22/h3-11,17,25H,2,12-15H2,1H3. The molecule has 138 valence electrons. The second kappa shape index (κ2) is 7.87. The average molecular weight is 357 g/mol. The maximum absolute atomic E-state index is 14.6. The summed E-state index contributed by atoms with van der Waals surface area (Å²) in [6.07, 6.45) is 0.803. The van der Waals surface area contributed by atoms with Gasteiger partial charge in [0.05, 0.1) is 6.61 Å². The van der Waals surface area contributed by atoms with Gasteiger partial charge in [0.25, 0.3) is 0 Å². The van der Waals surface area contributed by atoms with Crippen molar-refractivity contribution in [3.05, 3.63) is 71.5 Å². The molecule has 0 radical (unpaired) electrons. The van der Waals surface area contributed by atoms with E-state index in [0.29, 0.717) is 38.1 Å². The minimum absolute atomic E-state index is 0.201. The molecule has 3 rings (SSSR count). The Labute approximate surface area is 153 Å². The van der Waals surface area contributed by atoms with Crippen molar-refractivity contribution >= 4 is 6.09 Å². The van der Waals surface area contributed by atoms with Crippen LogP contribution in [0.3, 0.4) is 0 Å². The van der Waals surface area contributed by atoms with E-state index in [4.69, 9.17) is 4.74 Å². The fraction of sp³-hybridized carbons (Fsp3) is 0.381. The van der Waals surface area contributed by atoms with E-state index >= 15 is 0 Å². The number of benzene rings is 2. The fourth-order valence-electron chi connectivity index (χ4n) is 3.77. The van der Waals surface area contributed by atoms with Gasteiger partial charge in [0.1, 0.15) is 11.4 Å². The molecule has 4 nitrogen and oxygen atoms in total. The van der Waals surface area contributed by atoms with E-state index in [-0.39, 0.29) is 17.6 Å². The van der Waals surface area contributed by atoms with Crippen LogP contribution in [0.5, 0.6) is 0 Å². The van der Waals surface area contributed by atoms with Gasteiger partial charge in [0, 0.05) is 18.7 Å². The van der Waals surface area contributed by atoms with E-state index < -0.39 is 11.4 Å². The Kier molecular flexibility index (Phi) is 5.57. The molecule has 5 heteroatoms. The molecule has 0 spiro atoms. The van der Waals surface area contributed by atoms with Crippen LogP contribution in [0.25, 0.3) is 0 Å². The Morgan fingerprint density at radius 3 is 2.38 bits per heavy atom. The highest BCUT2D eigenvalue weighted by Gasteiger charge is 2.43. The molecule has 1 amide bonds. The Hall–Kier alpha value is -2.40. The zero-order valence-corrected chi connectivity index (χ0v) is 14.9. The molecular formula is C21H24FNO3. The number of hydrogen-bond acceptors (Lipinski definition) is 3. The molecule has 2 aromatic carbocycles. The molecule has 0 bridgehead atoms. The van der Waals surface area contributed by atoms with Crippen LogP contribution in [-0.4, -0.2) is 35.8 Å². The van der Waals surface area contributed by atoms with E-state index in [2.05, 4.69) is 0 Å². The van der Waals surface area contributed by atoms with Gasteiger partial charge in [-0.3, -0.25) is 0 Å². The number of carbonyl (C=O) groups is 1. The smallest absolute Gasteiger partial charge is 0.409 e. The van der Waals surface area contributed by atoms with Crippen molar-refractivity contribution in [3.63, 3.8) is 0 Å². The summed E-state index contributed by atoms with van der Waals surface area (Å²) in [6.45, 7) is 3.07.